The van der Waals surface area contributed by atoms with E-state index in [1.807, 2.05) is 19.1 Å². The Morgan fingerprint density at radius 3 is 2.67 bits per heavy atom. The summed E-state index contributed by atoms with van der Waals surface area (Å²) in [5.41, 5.74) is 4.51. The maximum absolute atomic E-state index is 13.0. The molecule has 1 nitrogen and oxygen atoms in total. The third-order valence-corrected chi connectivity index (χ3v) is 3.11. The van der Waals surface area contributed by atoms with E-state index in [0.717, 1.165) is 36.2 Å². The van der Waals surface area contributed by atoms with Crippen LogP contribution in [0.5, 0.6) is 0 Å². The van der Waals surface area contributed by atoms with Gasteiger partial charge in [0.25, 0.3) is 0 Å². The molecular weight excluding hydrogens is 225 g/mol. The van der Waals surface area contributed by atoms with Crippen LogP contribution in [0.1, 0.15) is 28.9 Å². The van der Waals surface area contributed by atoms with E-state index in [9.17, 15) is 4.39 Å². The van der Waals surface area contributed by atoms with Crippen LogP contribution < -0.4 is 0 Å². The van der Waals surface area contributed by atoms with E-state index in [2.05, 4.69) is 18.0 Å². The predicted octanol–water partition coefficient (Wildman–Crippen LogP) is 4.01. The zero-order valence-electron chi connectivity index (χ0n) is 10.9. The smallest absolute Gasteiger partial charge is 0.123 e. The molecule has 94 valence electrons. The second-order valence-corrected chi connectivity index (χ2v) is 4.70. The number of aryl methyl sites for hydroxylation is 4. The van der Waals surface area contributed by atoms with E-state index in [-0.39, 0.29) is 5.82 Å². The number of benzene rings is 1. The van der Waals surface area contributed by atoms with Gasteiger partial charge in [-0.05, 0) is 62.4 Å². The first-order chi connectivity index (χ1) is 8.65. The average molecular weight is 243 g/mol. The van der Waals surface area contributed by atoms with Crippen LogP contribution in [0.15, 0.2) is 36.4 Å². The summed E-state index contributed by atoms with van der Waals surface area (Å²) >= 11 is 0. The molecule has 18 heavy (non-hydrogen) atoms. The summed E-state index contributed by atoms with van der Waals surface area (Å²) in [6, 6.07) is 11.0. The van der Waals surface area contributed by atoms with E-state index in [4.69, 9.17) is 0 Å². The van der Waals surface area contributed by atoms with Gasteiger partial charge < -0.3 is 0 Å². The summed E-state index contributed by atoms with van der Waals surface area (Å²) in [5.74, 6) is -0.155. The van der Waals surface area contributed by atoms with Crippen LogP contribution in [0.25, 0.3) is 0 Å². The van der Waals surface area contributed by atoms with Crippen LogP contribution in [0.4, 0.5) is 4.39 Å². The van der Waals surface area contributed by atoms with Crippen molar-refractivity contribution in [3.63, 3.8) is 0 Å². The van der Waals surface area contributed by atoms with Crippen LogP contribution in [0, 0.1) is 19.7 Å². The molecule has 0 unspecified atom stereocenters. The van der Waals surface area contributed by atoms with Crippen molar-refractivity contribution >= 4 is 0 Å². The fourth-order valence-electron chi connectivity index (χ4n) is 2.09. The lowest BCUT2D eigenvalue weighted by molar-refractivity contribution is 0.624. The molecule has 0 amide bonds. The van der Waals surface area contributed by atoms with Gasteiger partial charge in [-0.15, -0.1) is 0 Å². The van der Waals surface area contributed by atoms with Crippen molar-refractivity contribution in [2.24, 2.45) is 0 Å². The highest BCUT2D eigenvalue weighted by molar-refractivity contribution is 5.22. The van der Waals surface area contributed by atoms with E-state index >= 15 is 0 Å². The predicted molar refractivity (Wildman–Crippen MR) is 72.1 cm³/mol. The van der Waals surface area contributed by atoms with E-state index in [1.165, 1.54) is 11.6 Å². The fraction of sp³-hybridized carbons (Fsp3) is 0.312. The number of halogens is 1. The second kappa shape index (κ2) is 5.76. The van der Waals surface area contributed by atoms with Crippen LogP contribution >= 0.6 is 0 Å². The summed E-state index contributed by atoms with van der Waals surface area (Å²) < 4.78 is 13.0. The van der Waals surface area contributed by atoms with Gasteiger partial charge >= 0.3 is 0 Å². The molecule has 2 aromatic rings. The first-order valence-electron chi connectivity index (χ1n) is 6.33. The van der Waals surface area contributed by atoms with Gasteiger partial charge in [0.1, 0.15) is 5.82 Å². The Morgan fingerprint density at radius 1 is 1.06 bits per heavy atom. The minimum Gasteiger partial charge on any atom is -0.258 e. The lowest BCUT2D eigenvalue weighted by Crippen LogP contribution is -1.98. The molecule has 0 fully saturated rings. The molecule has 2 rings (SSSR count). The highest BCUT2D eigenvalue weighted by atomic mass is 19.1. The van der Waals surface area contributed by atoms with Gasteiger partial charge in [0.05, 0.1) is 0 Å². The van der Waals surface area contributed by atoms with Gasteiger partial charge in [-0.1, -0.05) is 18.2 Å². The van der Waals surface area contributed by atoms with Crippen molar-refractivity contribution in [3.8, 4) is 0 Å². The maximum atomic E-state index is 13.0. The summed E-state index contributed by atoms with van der Waals surface area (Å²) in [6.07, 6.45) is 2.84. The third-order valence-electron chi connectivity index (χ3n) is 3.11. The molecule has 0 atom stereocenters. The normalized spacial score (nSPS) is 10.6. The van der Waals surface area contributed by atoms with E-state index in [0.29, 0.717) is 0 Å². The van der Waals surface area contributed by atoms with Crippen molar-refractivity contribution in [1.29, 1.82) is 0 Å². The molecule has 0 aliphatic heterocycles. The molecule has 1 aromatic heterocycles. The van der Waals surface area contributed by atoms with Crippen molar-refractivity contribution < 1.29 is 4.39 Å². The Morgan fingerprint density at radius 2 is 1.89 bits per heavy atom. The minimum atomic E-state index is -0.155. The van der Waals surface area contributed by atoms with Crippen molar-refractivity contribution in [1.82, 2.24) is 4.98 Å². The van der Waals surface area contributed by atoms with Gasteiger partial charge in [0.2, 0.25) is 0 Å². The quantitative estimate of drug-likeness (QED) is 0.790. The molecular formula is C16H18FN. The molecule has 0 N–H and O–H groups in total. The third kappa shape index (κ3) is 3.39. The lowest BCUT2D eigenvalue weighted by Gasteiger charge is -2.06. The summed E-state index contributed by atoms with van der Waals surface area (Å²) in [5, 5.41) is 0. The molecule has 1 heterocycles. The van der Waals surface area contributed by atoms with Gasteiger partial charge in [0, 0.05) is 11.4 Å². The Kier molecular flexibility index (Phi) is 4.08. The van der Waals surface area contributed by atoms with Crippen molar-refractivity contribution in [3.05, 3.63) is 64.7 Å². The SMILES string of the molecule is Cc1ccc(C)c(CCCc2cccc(F)c2)n1. The number of pyridine rings is 1. The first kappa shape index (κ1) is 12.7. The zero-order valence-corrected chi connectivity index (χ0v) is 10.9. The molecule has 0 aliphatic rings. The van der Waals surface area contributed by atoms with Crippen LogP contribution in [-0.4, -0.2) is 4.98 Å². The molecule has 0 radical (unpaired) electrons. The Bertz CT molecular complexity index is 534. The fourth-order valence-corrected chi connectivity index (χ4v) is 2.09. The largest absolute Gasteiger partial charge is 0.258 e. The van der Waals surface area contributed by atoms with Crippen LogP contribution in [-0.2, 0) is 12.8 Å². The minimum absolute atomic E-state index is 0.155. The van der Waals surface area contributed by atoms with Crippen molar-refractivity contribution in [2.75, 3.05) is 0 Å². The summed E-state index contributed by atoms with van der Waals surface area (Å²) in [4.78, 5) is 4.55. The van der Waals surface area contributed by atoms with Gasteiger partial charge in [-0.2, -0.15) is 0 Å². The maximum Gasteiger partial charge on any atom is 0.123 e. The number of hydrogen-bond acceptors (Lipinski definition) is 1. The molecule has 0 saturated heterocycles. The van der Waals surface area contributed by atoms with Gasteiger partial charge in [-0.25, -0.2) is 4.39 Å². The summed E-state index contributed by atoms with van der Waals surface area (Å²) in [7, 11) is 0. The number of aromatic nitrogens is 1. The summed E-state index contributed by atoms with van der Waals surface area (Å²) in [6.45, 7) is 4.10. The highest BCUT2D eigenvalue weighted by Crippen LogP contribution is 2.12. The van der Waals surface area contributed by atoms with Crippen LogP contribution in [0.2, 0.25) is 0 Å². The topological polar surface area (TPSA) is 12.9 Å². The Labute approximate surface area is 108 Å². The number of rotatable bonds is 4. The van der Waals surface area contributed by atoms with E-state index in [1.54, 1.807) is 12.1 Å². The molecule has 1 aromatic carbocycles. The second-order valence-electron chi connectivity index (χ2n) is 4.70. The molecule has 0 saturated carbocycles. The molecule has 0 spiro atoms. The zero-order chi connectivity index (χ0) is 13.0. The molecule has 2 heteroatoms. The molecule has 0 bridgehead atoms. The molecule has 0 aliphatic carbocycles. The van der Waals surface area contributed by atoms with Crippen LogP contribution in [0.3, 0.4) is 0 Å². The van der Waals surface area contributed by atoms with Crippen molar-refractivity contribution in [2.45, 2.75) is 33.1 Å². The standard InChI is InChI=1S/C16H18FN/c1-12-9-10-13(2)18-16(12)8-4-6-14-5-3-7-15(17)11-14/h3,5,7,9-11H,4,6,8H2,1-2H3. The highest BCUT2D eigenvalue weighted by Gasteiger charge is 2.01. The Hall–Kier alpha value is -1.70. The monoisotopic (exact) mass is 243 g/mol. The van der Waals surface area contributed by atoms with Gasteiger partial charge in [-0.3, -0.25) is 4.98 Å². The average Bonchev–Trinajstić information content (AvgIpc) is 2.34. The number of hydrogen-bond donors (Lipinski definition) is 0. The first-order valence-corrected chi connectivity index (χ1v) is 6.33. The number of nitrogens with zero attached hydrogens (tertiary/aromatic N) is 1. The Balaban J connectivity index is 1.94. The van der Waals surface area contributed by atoms with Gasteiger partial charge in [0.15, 0.2) is 0 Å². The lowest BCUT2D eigenvalue weighted by atomic mass is 10.0. The van der Waals surface area contributed by atoms with E-state index < -0.39 is 0 Å².